The van der Waals surface area contributed by atoms with Crippen LogP contribution in [0, 0.1) is 34.5 Å². The summed E-state index contributed by atoms with van der Waals surface area (Å²) in [6, 6.07) is 0. The predicted octanol–water partition coefficient (Wildman–Crippen LogP) is 2.84. The first kappa shape index (κ1) is 22.0. The average Bonchev–Trinajstić information content (AvgIpc) is 2.89. The summed E-state index contributed by atoms with van der Waals surface area (Å²) in [5.41, 5.74) is -0.142. The van der Waals surface area contributed by atoms with Gasteiger partial charge in [0, 0.05) is 0 Å². The van der Waals surface area contributed by atoms with Crippen LogP contribution in [0.1, 0.15) is 71.6 Å². The van der Waals surface area contributed by atoms with Gasteiger partial charge in [-0.2, -0.15) is 16.8 Å². The minimum absolute atomic E-state index is 0.184. The van der Waals surface area contributed by atoms with Gasteiger partial charge in [-0.3, -0.25) is 4.55 Å². The summed E-state index contributed by atoms with van der Waals surface area (Å²) in [6.07, 6.45) is 7.29. The van der Waals surface area contributed by atoms with E-state index in [-0.39, 0.29) is 16.9 Å². The van der Waals surface area contributed by atoms with Crippen molar-refractivity contribution in [2.75, 3.05) is 0 Å². The highest BCUT2D eigenvalue weighted by Crippen LogP contribution is 2.66. The molecule has 29 heavy (non-hydrogen) atoms. The van der Waals surface area contributed by atoms with E-state index in [0.717, 1.165) is 51.4 Å². The Kier molecular flexibility index (Phi) is 5.40. The molecule has 0 saturated heterocycles. The van der Waals surface area contributed by atoms with Gasteiger partial charge < -0.3 is 5.11 Å². The maximum absolute atomic E-state index is 12.0. The van der Waals surface area contributed by atoms with Crippen molar-refractivity contribution in [1.29, 1.82) is 0 Å². The van der Waals surface area contributed by atoms with Crippen LogP contribution in [-0.4, -0.2) is 38.7 Å². The van der Waals surface area contributed by atoms with Crippen LogP contribution in [0.5, 0.6) is 0 Å². The maximum Gasteiger partial charge on any atom is 0.416 e. The van der Waals surface area contributed by atoms with E-state index in [2.05, 4.69) is 10.6 Å². The highest BCUT2D eigenvalue weighted by molar-refractivity contribution is 7.94. The molecular formula is C19H32O8S2. The van der Waals surface area contributed by atoms with Crippen molar-refractivity contribution < 1.29 is 34.3 Å². The Balaban J connectivity index is 1.53. The van der Waals surface area contributed by atoms with Crippen LogP contribution in [-0.2, 0) is 28.6 Å². The summed E-state index contributed by atoms with van der Waals surface area (Å²) in [7, 11) is -9.99. The van der Waals surface area contributed by atoms with Crippen LogP contribution in [0.4, 0.5) is 0 Å². The van der Waals surface area contributed by atoms with Gasteiger partial charge in [-0.05, 0) is 92.3 Å². The Morgan fingerprint density at radius 2 is 1.52 bits per heavy atom. The van der Waals surface area contributed by atoms with Crippen LogP contribution in [0.15, 0.2) is 0 Å². The molecular weight excluding hydrogens is 420 g/mol. The van der Waals surface area contributed by atoms with E-state index in [1.54, 1.807) is 0 Å². The summed E-state index contributed by atoms with van der Waals surface area (Å²) >= 11 is 0. The van der Waals surface area contributed by atoms with Crippen LogP contribution < -0.4 is 0 Å². The molecule has 168 valence electrons. The largest absolute Gasteiger partial charge is 0.416 e. The lowest BCUT2D eigenvalue weighted by molar-refractivity contribution is -0.131. The van der Waals surface area contributed by atoms with E-state index < -0.39 is 26.9 Å². The van der Waals surface area contributed by atoms with Crippen molar-refractivity contribution >= 4 is 20.8 Å². The number of fused-ring (bicyclic) bond motifs is 5. The monoisotopic (exact) mass is 452 g/mol. The number of hydrogen-bond acceptors (Lipinski definition) is 7. The first-order chi connectivity index (χ1) is 13.3. The number of rotatable bonds is 4. The van der Waals surface area contributed by atoms with Gasteiger partial charge in [0.15, 0.2) is 0 Å². The SMILES string of the molecule is C[C@]12CC[C@@H](O)C[C@@H]1CC[C@@H]1[C@@H]2CC[C@]2(C)[C@H](OS(=O)(=O)OS(=O)(=O)O)CC[C@@H]12. The fraction of sp³-hybridized carbons (Fsp3) is 1.00. The smallest absolute Gasteiger partial charge is 0.393 e. The van der Waals surface area contributed by atoms with E-state index in [1.165, 1.54) is 0 Å². The standard InChI is InChI=1S/C19H32O8S2/c1-18-9-7-13(20)11-12(18)3-4-14-15-5-6-17(19(15,2)10-8-16(14)18)26-29(24,25)27-28(21,22)23/h12-17,20H,3-11H2,1-2H3,(H,21,22,23)/t12-,13+,14-,15-,16-,17+,18-,19-/m0/s1. The van der Waals surface area contributed by atoms with E-state index in [1.807, 2.05) is 6.92 Å². The predicted molar refractivity (Wildman–Crippen MR) is 104 cm³/mol. The number of hydrogen-bond donors (Lipinski definition) is 2. The van der Waals surface area contributed by atoms with Crippen molar-refractivity contribution in [3.05, 3.63) is 0 Å². The maximum atomic E-state index is 12.0. The van der Waals surface area contributed by atoms with Crippen molar-refractivity contribution in [2.24, 2.45) is 34.5 Å². The molecule has 0 unspecified atom stereocenters. The summed E-state index contributed by atoms with van der Waals surface area (Å²) in [5.74, 6) is 1.92. The molecule has 0 radical (unpaired) electrons. The van der Waals surface area contributed by atoms with Gasteiger partial charge in [0.1, 0.15) is 0 Å². The normalized spacial score (nSPS) is 47.9. The second kappa shape index (κ2) is 7.13. The second-order valence-electron chi connectivity index (χ2n) is 10.2. The molecule has 8 atom stereocenters. The molecule has 4 saturated carbocycles. The molecule has 10 heteroatoms. The molecule has 8 nitrogen and oxygen atoms in total. The molecule has 2 N–H and O–H groups in total. The summed E-state index contributed by atoms with van der Waals surface area (Å²) in [6.45, 7) is 4.43. The fourth-order valence-corrected chi connectivity index (χ4v) is 9.18. The van der Waals surface area contributed by atoms with Crippen molar-refractivity contribution in [1.82, 2.24) is 0 Å². The molecule has 0 spiro atoms. The van der Waals surface area contributed by atoms with Gasteiger partial charge in [-0.1, -0.05) is 13.8 Å². The zero-order valence-electron chi connectivity index (χ0n) is 17.0. The van der Waals surface area contributed by atoms with E-state index in [4.69, 9.17) is 8.74 Å². The zero-order valence-corrected chi connectivity index (χ0v) is 18.6. The molecule has 4 aliphatic rings. The van der Waals surface area contributed by atoms with Crippen LogP contribution in [0.3, 0.4) is 0 Å². The molecule has 0 aromatic heterocycles. The summed E-state index contributed by atoms with van der Waals surface area (Å²) < 4.78 is 63.2. The Morgan fingerprint density at radius 3 is 2.21 bits per heavy atom. The Bertz CT molecular complexity index is 855. The van der Waals surface area contributed by atoms with Gasteiger partial charge in [0.2, 0.25) is 0 Å². The lowest BCUT2D eigenvalue weighted by Gasteiger charge is -2.60. The lowest BCUT2D eigenvalue weighted by atomic mass is 9.45. The molecule has 4 rings (SSSR count). The first-order valence-electron chi connectivity index (χ1n) is 10.6. The molecule has 4 aliphatic carbocycles. The summed E-state index contributed by atoms with van der Waals surface area (Å²) in [4.78, 5) is 0. The van der Waals surface area contributed by atoms with Gasteiger partial charge in [0.25, 0.3) is 0 Å². The Hall–Kier alpha value is -0.260. The first-order valence-corrected chi connectivity index (χ1v) is 13.3. The Morgan fingerprint density at radius 1 is 0.862 bits per heavy atom. The van der Waals surface area contributed by atoms with Crippen molar-refractivity contribution in [2.45, 2.75) is 83.8 Å². The molecule has 0 amide bonds. The quantitative estimate of drug-likeness (QED) is 0.623. The molecule has 0 aromatic carbocycles. The van der Waals surface area contributed by atoms with Gasteiger partial charge in [-0.25, -0.2) is 4.18 Å². The van der Waals surface area contributed by atoms with Crippen molar-refractivity contribution in [3.63, 3.8) is 0 Å². The number of aliphatic hydroxyl groups excluding tert-OH is 1. The van der Waals surface area contributed by atoms with E-state index in [9.17, 15) is 21.9 Å². The van der Waals surface area contributed by atoms with E-state index in [0.29, 0.717) is 30.1 Å². The highest BCUT2D eigenvalue weighted by Gasteiger charge is 2.61. The topological polar surface area (TPSA) is 127 Å². The third-order valence-electron chi connectivity index (χ3n) is 8.95. The fourth-order valence-electron chi connectivity index (χ4n) is 7.61. The minimum Gasteiger partial charge on any atom is -0.393 e. The zero-order chi connectivity index (χ0) is 21.2. The number of aliphatic hydroxyl groups is 1. The molecule has 0 heterocycles. The second-order valence-corrected chi connectivity index (χ2v) is 12.6. The van der Waals surface area contributed by atoms with E-state index >= 15 is 0 Å². The average molecular weight is 453 g/mol. The van der Waals surface area contributed by atoms with Crippen LogP contribution in [0.2, 0.25) is 0 Å². The lowest BCUT2D eigenvalue weighted by Crippen LogP contribution is -2.54. The molecule has 0 aliphatic heterocycles. The molecule has 0 aromatic rings. The third-order valence-corrected chi connectivity index (χ3v) is 10.8. The van der Waals surface area contributed by atoms with Crippen molar-refractivity contribution in [3.8, 4) is 0 Å². The van der Waals surface area contributed by atoms with Gasteiger partial charge in [0.05, 0.1) is 12.2 Å². The third kappa shape index (κ3) is 3.89. The summed E-state index contributed by atoms with van der Waals surface area (Å²) in [5, 5.41) is 10.1. The molecule has 4 fully saturated rings. The minimum atomic E-state index is -5.15. The van der Waals surface area contributed by atoms with Crippen LogP contribution in [0.25, 0.3) is 0 Å². The highest BCUT2D eigenvalue weighted by atomic mass is 32.3. The van der Waals surface area contributed by atoms with Gasteiger partial charge in [-0.15, -0.1) is 3.63 Å². The molecule has 0 bridgehead atoms. The van der Waals surface area contributed by atoms with Gasteiger partial charge >= 0.3 is 20.8 Å². The van der Waals surface area contributed by atoms with Crippen LogP contribution >= 0.6 is 0 Å². The Labute approximate surface area is 173 Å².